The van der Waals surface area contributed by atoms with E-state index in [0.29, 0.717) is 12.8 Å². The fourth-order valence-corrected chi connectivity index (χ4v) is 6.96. The number of nitrogens with zero attached hydrogens (tertiary/aromatic N) is 5. The molecule has 0 radical (unpaired) electrons. The maximum atomic E-state index is 13.7. The van der Waals surface area contributed by atoms with Crippen molar-refractivity contribution in [3.8, 4) is 5.88 Å². The van der Waals surface area contributed by atoms with Gasteiger partial charge in [-0.25, -0.2) is 18.1 Å². The summed E-state index contributed by atoms with van der Waals surface area (Å²) >= 11 is 0. The van der Waals surface area contributed by atoms with E-state index in [2.05, 4.69) is 21.4 Å². The van der Waals surface area contributed by atoms with E-state index in [1.807, 2.05) is 56.6 Å². The summed E-state index contributed by atoms with van der Waals surface area (Å²) in [5.41, 5.74) is 6.61. The number of aromatic nitrogens is 4. The van der Waals surface area contributed by atoms with Gasteiger partial charge in [0.25, 0.3) is 0 Å². The van der Waals surface area contributed by atoms with E-state index in [1.165, 1.54) is 4.31 Å². The number of carbonyl (C=O) groups excluding carboxylic acids is 1. The quantitative estimate of drug-likeness (QED) is 0.300. The summed E-state index contributed by atoms with van der Waals surface area (Å²) in [5, 5.41) is 8.68. The number of aryl methyl sites for hydroxylation is 3. The molecule has 2 atom stereocenters. The average Bonchev–Trinajstić information content (AvgIpc) is 3.32. The highest BCUT2D eigenvalue weighted by Crippen LogP contribution is 2.36. The molecule has 5 rings (SSSR count). The Bertz CT molecular complexity index is 1680. The third kappa shape index (κ3) is 5.13. The molecule has 10 heteroatoms. The summed E-state index contributed by atoms with van der Waals surface area (Å²) in [7, 11) is -3.84. The molecule has 0 spiro atoms. The van der Waals surface area contributed by atoms with Crippen LogP contribution in [0.1, 0.15) is 67.3 Å². The van der Waals surface area contributed by atoms with Crippen LogP contribution in [0.2, 0.25) is 0 Å². The predicted octanol–water partition coefficient (Wildman–Crippen LogP) is 4.94. The third-order valence-electron chi connectivity index (χ3n) is 7.77. The van der Waals surface area contributed by atoms with Crippen molar-refractivity contribution in [3.05, 3.63) is 76.5 Å². The van der Waals surface area contributed by atoms with E-state index < -0.39 is 10.0 Å². The molecule has 3 heterocycles. The molecule has 4 aromatic rings. The first-order chi connectivity index (χ1) is 19.1. The van der Waals surface area contributed by atoms with Gasteiger partial charge < -0.3 is 4.74 Å². The number of Topliss-reactive ketones (excluding diaryl/α,β-unsaturated/α-hetero) is 1. The Labute approximate surface area is 235 Å². The molecule has 40 heavy (non-hydrogen) atoms. The molecular formula is C30H35N5O4S. The minimum Gasteiger partial charge on any atom is -0.472 e. The lowest BCUT2D eigenvalue weighted by molar-refractivity contribution is -0.117. The van der Waals surface area contributed by atoms with Gasteiger partial charge in [-0.3, -0.25) is 4.79 Å². The van der Waals surface area contributed by atoms with Gasteiger partial charge in [0.15, 0.2) is 0 Å². The number of fused-ring (bicyclic) bond motifs is 2. The summed E-state index contributed by atoms with van der Waals surface area (Å²) < 4.78 is 36.8. The predicted molar refractivity (Wildman–Crippen MR) is 153 cm³/mol. The Balaban J connectivity index is 1.56. The van der Waals surface area contributed by atoms with Crippen LogP contribution in [-0.2, 0) is 27.9 Å². The maximum Gasteiger partial charge on any atom is 0.248 e. The first-order valence-corrected chi connectivity index (χ1v) is 15.1. The third-order valence-corrected chi connectivity index (χ3v) is 9.59. The van der Waals surface area contributed by atoms with Crippen molar-refractivity contribution in [1.29, 1.82) is 0 Å². The molecule has 9 nitrogen and oxygen atoms in total. The SMILES string of the molecule is CC[C@@H]1CN(Cc2cc(C(CC(C)=O)c3ccc4c(nnn4CC)c3C)ccc2C)S(=O)(=O)c2cccnc2O1. The Morgan fingerprint density at radius 3 is 2.67 bits per heavy atom. The average molecular weight is 562 g/mol. The smallest absolute Gasteiger partial charge is 0.248 e. The number of ether oxygens (including phenoxy) is 1. The molecule has 0 saturated heterocycles. The lowest BCUT2D eigenvalue weighted by Gasteiger charge is -2.25. The largest absolute Gasteiger partial charge is 0.472 e. The van der Waals surface area contributed by atoms with Crippen LogP contribution in [0.5, 0.6) is 5.88 Å². The van der Waals surface area contributed by atoms with Crippen LogP contribution in [-0.4, -0.2) is 51.1 Å². The van der Waals surface area contributed by atoms with Crippen molar-refractivity contribution < 1.29 is 17.9 Å². The summed E-state index contributed by atoms with van der Waals surface area (Å²) in [5.74, 6) is 0.0195. The van der Waals surface area contributed by atoms with Crippen LogP contribution < -0.4 is 4.74 Å². The highest BCUT2D eigenvalue weighted by atomic mass is 32.2. The topological polar surface area (TPSA) is 107 Å². The normalized spacial score (nSPS) is 17.7. The minimum absolute atomic E-state index is 0.0750. The fraction of sp³-hybridized carbons (Fsp3) is 0.400. The molecule has 210 valence electrons. The van der Waals surface area contributed by atoms with Gasteiger partial charge in [-0.15, -0.1) is 5.10 Å². The molecule has 1 aliphatic heterocycles. The number of benzene rings is 2. The summed E-state index contributed by atoms with van der Waals surface area (Å²) in [6.45, 7) is 10.7. The molecule has 2 aromatic carbocycles. The Hall–Kier alpha value is -3.63. The van der Waals surface area contributed by atoms with Crippen LogP contribution in [0.25, 0.3) is 11.0 Å². The van der Waals surface area contributed by atoms with Crippen LogP contribution in [0.4, 0.5) is 0 Å². The lowest BCUT2D eigenvalue weighted by atomic mass is 9.83. The van der Waals surface area contributed by atoms with E-state index in [9.17, 15) is 13.2 Å². The second-order valence-corrected chi connectivity index (χ2v) is 12.4. The molecule has 0 saturated carbocycles. The van der Waals surface area contributed by atoms with Crippen molar-refractivity contribution in [3.63, 3.8) is 0 Å². The van der Waals surface area contributed by atoms with Crippen molar-refractivity contribution >= 4 is 26.8 Å². The monoisotopic (exact) mass is 561 g/mol. The van der Waals surface area contributed by atoms with Gasteiger partial charge in [0, 0.05) is 31.6 Å². The number of rotatable bonds is 8. The fourth-order valence-electron chi connectivity index (χ4n) is 5.44. The van der Waals surface area contributed by atoms with E-state index >= 15 is 0 Å². The zero-order valence-corrected chi connectivity index (χ0v) is 24.4. The van der Waals surface area contributed by atoms with E-state index in [-0.39, 0.29) is 41.7 Å². The summed E-state index contributed by atoms with van der Waals surface area (Å²) in [6.07, 6.45) is 2.20. The molecule has 2 aromatic heterocycles. The number of pyridine rings is 1. The van der Waals surface area contributed by atoms with E-state index in [0.717, 1.165) is 45.4 Å². The van der Waals surface area contributed by atoms with Gasteiger partial charge in [0.05, 0.1) is 12.1 Å². The second-order valence-electron chi connectivity index (χ2n) is 10.4. The number of hydrogen-bond donors (Lipinski definition) is 0. The molecular weight excluding hydrogens is 526 g/mol. The molecule has 1 unspecified atom stereocenters. The van der Waals surface area contributed by atoms with Crippen LogP contribution in [0.15, 0.2) is 53.6 Å². The van der Waals surface area contributed by atoms with E-state index in [4.69, 9.17) is 4.74 Å². The number of sulfonamides is 1. The van der Waals surface area contributed by atoms with Crippen LogP contribution in [0, 0.1) is 13.8 Å². The van der Waals surface area contributed by atoms with Crippen LogP contribution >= 0.6 is 0 Å². The van der Waals surface area contributed by atoms with Gasteiger partial charge in [0.2, 0.25) is 15.9 Å². The standard InChI is InChI=1S/C30H35N5O4S/c1-6-24-18-34(40(37,38)28-9-8-14-31-30(28)39-24)17-23-16-22(11-10-19(23)3)26(15-20(4)36)25-12-13-27-29(21(25)5)32-33-35(27)7-2/h8-14,16,24,26H,6-7,15,17-18H2,1-5H3/t24-,26?/m1/s1. The maximum absolute atomic E-state index is 13.7. The van der Waals surface area contributed by atoms with Gasteiger partial charge >= 0.3 is 0 Å². The first-order valence-electron chi connectivity index (χ1n) is 13.7. The van der Waals surface area contributed by atoms with Crippen LogP contribution in [0.3, 0.4) is 0 Å². The number of ketones is 1. The molecule has 0 bridgehead atoms. The molecule has 0 fully saturated rings. The minimum atomic E-state index is -3.84. The van der Waals surface area contributed by atoms with Crippen molar-refractivity contribution in [2.24, 2.45) is 0 Å². The zero-order chi connectivity index (χ0) is 28.6. The van der Waals surface area contributed by atoms with Crippen molar-refractivity contribution in [1.82, 2.24) is 24.3 Å². The van der Waals surface area contributed by atoms with Gasteiger partial charge in [-0.05, 0) is 80.1 Å². The molecule has 0 amide bonds. The first kappa shape index (κ1) is 27.9. The summed E-state index contributed by atoms with van der Waals surface area (Å²) in [4.78, 5) is 16.7. The van der Waals surface area contributed by atoms with Gasteiger partial charge in [-0.1, -0.05) is 36.4 Å². The lowest BCUT2D eigenvalue weighted by Crippen LogP contribution is -2.36. The Morgan fingerprint density at radius 1 is 1.15 bits per heavy atom. The molecule has 0 aliphatic carbocycles. The second kappa shape index (κ2) is 11.1. The highest BCUT2D eigenvalue weighted by Gasteiger charge is 2.35. The zero-order valence-electron chi connectivity index (χ0n) is 23.6. The molecule has 1 aliphatic rings. The van der Waals surface area contributed by atoms with Crippen molar-refractivity contribution in [2.45, 2.75) is 77.5 Å². The van der Waals surface area contributed by atoms with Gasteiger partial charge in [0.1, 0.15) is 22.3 Å². The van der Waals surface area contributed by atoms with E-state index in [1.54, 1.807) is 25.3 Å². The van der Waals surface area contributed by atoms with Gasteiger partial charge in [-0.2, -0.15) is 4.31 Å². The number of hydrogen-bond acceptors (Lipinski definition) is 7. The van der Waals surface area contributed by atoms with Crippen molar-refractivity contribution in [2.75, 3.05) is 6.54 Å². The Kier molecular flexibility index (Phi) is 7.74. The Morgan fingerprint density at radius 2 is 1.95 bits per heavy atom. The highest BCUT2D eigenvalue weighted by molar-refractivity contribution is 7.89. The number of carbonyl (C=O) groups is 1. The summed E-state index contributed by atoms with van der Waals surface area (Å²) in [6, 6.07) is 13.3. The molecule has 0 N–H and O–H groups in total.